The van der Waals surface area contributed by atoms with Gasteiger partial charge < -0.3 is 24.6 Å². The van der Waals surface area contributed by atoms with Crippen LogP contribution in [0.15, 0.2) is 63.5 Å². The molecule has 186 valence electrons. The number of aromatic amines is 1. The fourth-order valence-corrected chi connectivity index (χ4v) is 4.17. The average Bonchev–Trinajstić information content (AvgIpc) is 3.29. The van der Waals surface area contributed by atoms with E-state index in [1.807, 2.05) is 45.0 Å². The lowest BCUT2D eigenvalue weighted by Gasteiger charge is -2.17. The Hall–Kier alpha value is -4.33. The van der Waals surface area contributed by atoms with Crippen LogP contribution in [0.25, 0.3) is 27.6 Å². The third-order valence-corrected chi connectivity index (χ3v) is 6.14. The number of H-pyrrole nitrogens is 1. The van der Waals surface area contributed by atoms with Gasteiger partial charge >= 0.3 is 0 Å². The smallest absolute Gasteiger partial charge is 0.274 e. The molecule has 0 fully saturated rings. The molecule has 0 aliphatic heterocycles. The minimum Gasteiger partial charge on any atom is -0.455 e. The lowest BCUT2D eigenvalue weighted by molar-refractivity contribution is 0.470. The van der Waals surface area contributed by atoms with Crippen molar-refractivity contribution < 1.29 is 4.74 Å². The summed E-state index contributed by atoms with van der Waals surface area (Å²) < 4.78 is 9.39. The third-order valence-electron chi connectivity index (χ3n) is 6.14. The first kappa shape index (κ1) is 24.8. The van der Waals surface area contributed by atoms with Crippen LogP contribution in [0, 0.1) is 13.8 Å². The van der Waals surface area contributed by atoms with E-state index >= 15 is 0 Å². The Morgan fingerprint density at radius 2 is 1.81 bits per heavy atom. The maximum Gasteiger partial charge on any atom is 0.274 e. The molecule has 3 N–H and O–H groups in total. The molecule has 0 aliphatic rings. The van der Waals surface area contributed by atoms with Crippen molar-refractivity contribution in [2.24, 2.45) is 24.8 Å². The summed E-state index contributed by atoms with van der Waals surface area (Å²) >= 11 is 0. The highest BCUT2D eigenvalue weighted by atomic mass is 16.5. The number of fused-ring (bicyclic) bond motifs is 1. The monoisotopic (exact) mass is 485 g/mol. The first-order valence-electron chi connectivity index (χ1n) is 11.8. The fraction of sp³-hybridized carbons (Fsp3) is 0.250. The van der Waals surface area contributed by atoms with E-state index in [4.69, 9.17) is 10.5 Å². The van der Waals surface area contributed by atoms with Crippen LogP contribution in [0.4, 0.5) is 0 Å². The molecule has 0 radical (unpaired) electrons. The van der Waals surface area contributed by atoms with Crippen molar-refractivity contribution in [1.29, 1.82) is 0 Å². The molecule has 0 aliphatic carbocycles. The number of aliphatic imine (C=N–C) groups is 1. The summed E-state index contributed by atoms with van der Waals surface area (Å²) in [6.07, 6.45) is 7.48. The molecule has 8 nitrogen and oxygen atoms in total. The summed E-state index contributed by atoms with van der Waals surface area (Å²) in [6.45, 7) is 6.68. The number of nitrogens with one attached hydrogen (secondary N) is 1. The Morgan fingerprint density at radius 3 is 2.47 bits per heavy atom. The molecule has 0 unspecified atom stereocenters. The van der Waals surface area contributed by atoms with Crippen molar-refractivity contribution in [3.63, 3.8) is 0 Å². The molecule has 36 heavy (non-hydrogen) atoms. The molecule has 4 rings (SSSR count). The maximum absolute atomic E-state index is 13.0. The van der Waals surface area contributed by atoms with Gasteiger partial charge in [0.05, 0.1) is 6.20 Å². The average molecular weight is 486 g/mol. The first-order chi connectivity index (χ1) is 17.2. The zero-order valence-electron chi connectivity index (χ0n) is 21.3. The summed E-state index contributed by atoms with van der Waals surface area (Å²) in [6, 6.07) is 9.34. The third kappa shape index (κ3) is 4.62. The van der Waals surface area contributed by atoms with Gasteiger partial charge in [-0.3, -0.25) is 14.6 Å². The van der Waals surface area contributed by atoms with Gasteiger partial charge in [0.2, 0.25) is 0 Å². The second kappa shape index (κ2) is 10.1. The van der Waals surface area contributed by atoms with Crippen molar-refractivity contribution in [1.82, 2.24) is 14.1 Å². The number of ether oxygens (including phenoxy) is 1. The summed E-state index contributed by atoms with van der Waals surface area (Å²) in [7, 11) is 3.36. The number of aryl methyl sites for hydroxylation is 4. The number of pyridine rings is 2. The van der Waals surface area contributed by atoms with Crippen LogP contribution in [-0.4, -0.2) is 26.9 Å². The predicted molar refractivity (Wildman–Crippen MR) is 146 cm³/mol. The number of hydrogen-bond donors (Lipinski definition) is 2. The van der Waals surface area contributed by atoms with Crippen molar-refractivity contribution in [2.45, 2.75) is 27.2 Å². The van der Waals surface area contributed by atoms with Crippen LogP contribution in [0.2, 0.25) is 0 Å². The molecule has 0 amide bonds. The van der Waals surface area contributed by atoms with Gasteiger partial charge in [-0.15, -0.1) is 0 Å². The van der Waals surface area contributed by atoms with Gasteiger partial charge in [-0.1, -0.05) is 25.1 Å². The largest absolute Gasteiger partial charge is 0.455 e. The minimum atomic E-state index is -0.192. The van der Waals surface area contributed by atoms with Gasteiger partial charge in [0.1, 0.15) is 11.3 Å². The normalized spacial score (nSPS) is 12.1. The van der Waals surface area contributed by atoms with Gasteiger partial charge in [0, 0.05) is 73.1 Å². The Labute approximate surface area is 209 Å². The van der Waals surface area contributed by atoms with Crippen LogP contribution in [0.3, 0.4) is 0 Å². The molecule has 0 saturated carbocycles. The Bertz CT molecular complexity index is 1600. The van der Waals surface area contributed by atoms with E-state index in [0.717, 1.165) is 23.3 Å². The molecule has 0 atom stereocenters. The van der Waals surface area contributed by atoms with Crippen LogP contribution >= 0.6 is 0 Å². The molecule has 8 heteroatoms. The van der Waals surface area contributed by atoms with E-state index in [1.165, 1.54) is 21.4 Å². The van der Waals surface area contributed by atoms with Crippen molar-refractivity contribution in [2.75, 3.05) is 6.54 Å². The molecule has 0 spiro atoms. The number of para-hydroxylation sites is 1. The van der Waals surface area contributed by atoms with Gasteiger partial charge in [-0.2, -0.15) is 0 Å². The Morgan fingerprint density at radius 1 is 1.08 bits per heavy atom. The lowest BCUT2D eigenvalue weighted by Crippen LogP contribution is -2.18. The minimum absolute atomic E-state index is 0.189. The van der Waals surface area contributed by atoms with Crippen molar-refractivity contribution in [3.05, 3.63) is 86.5 Å². The Balaban J connectivity index is 1.96. The number of allylic oxidation sites excluding steroid dienone is 1. The molecule has 4 aromatic rings. The van der Waals surface area contributed by atoms with Gasteiger partial charge in [0.15, 0.2) is 5.75 Å². The van der Waals surface area contributed by atoms with Crippen LogP contribution in [0.1, 0.15) is 30.2 Å². The van der Waals surface area contributed by atoms with Crippen LogP contribution in [0.5, 0.6) is 11.5 Å². The zero-order valence-corrected chi connectivity index (χ0v) is 21.3. The highest BCUT2D eigenvalue weighted by Gasteiger charge is 2.19. The number of aromatic nitrogens is 3. The van der Waals surface area contributed by atoms with E-state index in [-0.39, 0.29) is 11.1 Å². The van der Waals surface area contributed by atoms with Gasteiger partial charge in [0.25, 0.3) is 11.1 Å². The fourth-order valence-electron chi connectivity index (χ4n) is 4.17. The summed E-state index contributed by atoms with van der Waals surface area (Å²) in [4.78, 5) is 33.4. The van der Waals surface area contributed by atoms with E-state index in [9.17, 15) is 9.59 Å². The number of nitrogens with zero attached hydrogens (tertiary/aromatic N) is 3. The molecule has 0 bridgehead atoms. The summed E-state index contributed by atoms with van der Waals surface area (Å²) in [5.74, 6) is 1.24. The van der Waals surface area contributed by atoms with Crippen molar-refractivity contribution >= 4 is 22.7 Å². The SMILES string of the molecule is CCCN=C/C(=C\N)c1cc2c(-c3cc(=O)n(C)cc3Oc3c(C)cccc3C)cn(C)c(=O)c2[nH]1. The summed E-state index contributed by atoms with van der Waals surface area (Å²) in [5, 5.41) is 0.663. The lowest BCUT2D eigenvalue weighted by atomic mass is 10.0. The second-order valence-corrected chi connectivity index (χ2v) is 8.91. The van der Waals surface area contributed by atoms with Crippen LogP contribution in [-0.2, 0) is 14.1 Å². The quantitative estimate of drug-likeness (QED) is 0.378. The van der Waals surface area contributed by atoms with E-state index < -0.39 is 0 Å². The number of nitrogens with two attached hydrogens (primary N) is 1. The summed E-state index contributed by atoms with van der Waals surface area (Å²) in [5.41, 5.74) is 10.5. The number of benzene rings is 1. The molecular formula is C28H31N5O3. The Kier molecular flexibility index (Phi) is 6.96. The van der Waals surface area contributed by atoms with Gasteiger partial charge in [-0.05, 0) is 37.5 Å². The number of hydrogen-bond acceptors (Lipinski definition) is 5. The topological polar surface area (TPSA) is 107 Å². The molecule has 3 aromatic heterocycles. The standard InChI is InChI=1S/C28H31N5O3/c1-6-10-30-14-19(13-29)23-11-21-22(15-33(5)28(35)26(21)31-23)20-12-25(34)32(4)16-24(20)36-27-17(2)8-7-9-18(27)3/h7-9,11-16,31H,6,10,29H2,1-5H3/b19-13+,30-14?. The molecule has 1 aromatic carbocycles. The van der Waals surface area contributed by atoms with Gasteiger partial charge in [-0.25, -0.2) is 0 Å². The highest BCUT2D eigenvalue weighted by Crippen LogP contribution is 2.38. The highest BCUT2D eigenvalue weighted by molar-refractivity contribution is 6.11. The van der Waals surface area contributed by atoms with Crippen LogP contribution < -0.4 is 21.6 Å². The molecule has 0 saturated heterocycles. The van der Waals surface area contributed by atoms with E-state index in [1.54, 1.807) is 32.7 Å². The number of rotatable bonds is 7. The maximum atomic E-state index is 13.0. The van der Waals surface area contributed by atoms with Crippen molar-refractivity contribution in [3.8, 4) is 22.6 Å². The van der Waals surface area contributed by atoms with E-state index in [2.05, 4.69) is 9.98 Å². The zero-order chi connectivity index (χ0) is 26.0. The second-order valence-electron chi connectivity index (χ2n) is 8.91. The predicted octanol–water partition coefficient (Wildman–Crippen LogP) is 4.42. The van der Waals surface area contributed by atoms with E-state index in [0.29, 0.717) is 45.6 Å². The molecular weight excluding hydrogens is 454 g/mol. The molecule has 3 heterocycles. The first-order valence-corrected chi connectivity index (χ1v) is 11.8.